The molecule has 3 aromatic rings. The predicted octanol–water partition coefficient (Wildman–Crippen LogP) is 5.89. The van der Waals surface area contributed by atoms with E-state index in [1.807, 2.05) is 0 Å². The highest BCUT2D eigenvalue weighted by Crippen LogP contribution is 2.68. The zero-order chi connectivity index (χ0) is 37.2. The van der Waals surface area contributed by atoms with Crippen molar-refractivity contribution >= 4 is 17.4 Å². The van der Waals surface area contributed by atoms with E-state index in [9.17, 15) is 41.0 Å². The van der Waals surface area contributed by atoms with E-state index in [1.54, 1.807) is 0 Å². The van der Waals surface area contributed by atoms with Gasteiger partial charge in [-0.1, -0.05) is 5.92 Å². The van der Waals surface area contributed by atoms with Crippen LogP contribution in [0.1, 0.15) is 84.5 Å². The zero-order valence-corrected chi connectivity index (χ0v) is 26.9. The molecule has 3 aliphatic carbocycles. The minimum absolute atomic E-state index is 0.00845. The number of aliphatic hydroxyl groups is 1. The lowest BCUT2D eigenvalue weighted by Crippen LogP contribution is -2.35. The summed E-state index contributed by atoms with van der Waals surface area (Å²) in [5.41, 5.74) is 0.839. The van der Waals surface area contributed by atoms with Crippen molar-refractivity contribution in [1.82, 2.24) is 20.1 Å². The number of aromatic nitrogens is 3. The molecule has 16 heteroatoms. The van der Waals surface area contributed by atoms with Gasteiger partial charge in [-0.15, -0.1) is 0 Å². The van der Waals surface area contributed by atoms with Crippen LogP contribution in [0.3, 0.4) is 0 Å². The summed E-state index contributed by atoms with van der Waals surface area (Å²) in [7, 11) is 0. The summed E-state index contributed by atoms with van der Waals surface area (Å²) in [5.74, 6) is -5.70. The van der Waals surface area contributed by atoms with Crippen LogP contribution in [0.5, 0.6) is 0 Å². The van der Waals surface area contributed by atoms with Gasteiger partial charge in [-0.3, -0.25) is 14.3 Å². The third-order valence-corrected chi connectivity index (χ3v) is 8.78. The minimum Gasteiger partial charge on any atom is -0.378 e. The number of hydrogen-bond donors (Lipinski definition) is 3. The maximum Gasteiger partial charge on any atom is 0.435 e. The minimum atomic E-state index is -5.07. The fourth-order valence-electron chi connectivity index (χ4n) is 6.57. The molecule has 2 amide bonds. The number of nitrogens with two attached hydrogens (primary N) is 1. The smallest absolute Gasteiger partial charge is 0.378 e. The molecular weight excluding hydrogens is 690 g/mol. The number of primary amides is 1. The highest BCUT2D eigenvalue weighted by atomic mass is 19.4. The molecule has 2 aromatic heterocycles. The summed E-state index contributed by atoms with van der Waals surface area (Å²) in [5, 5.41) is 16.1. The van der Waals surface area contributed by atoms with Gasteiger partial charge in [0.15, 0.2) is 5.69 Å². The summed E-state index contributed by atoms with van der Waals surface area (Å²) in [6, 6.07) is 4.06. The number of fused-ring (bicyclic) bond motifs is 3. The fraction of sp³-hybridized carbons (Fsp3) is 0.371. The van der Waals surface area contributed by atoms with Crippen molar-refractivity contribution in [2.24, 2.45) is 11.7 Å². The van der Waals surface area contributed by atoms with Gasteiger partial charge < -0.3 is 16.2 Å². The Kier molecular flexibility index (Phi) is 8.86. The first kappa shape index (κ1) is 35.8. The number of amides is 2. The largest absolute Gasteiger partial charge is 0.435 e. The lowest BCUT2D eigenvalue weighted by Gasteiger charge is -2.24. The van der Waals surface area contributed by atoms with Gasteiger partial charge in [0, 0.05) is 29.5 Å². The number of allylic oxidation sites excluding steroid dienone is 2. The van der Waals surface area contributed by atoms with E-state index < -0.39 is 100 Å². The average molecular weight is 720 g/mol. The van der Waals surface area contributed by atoms with Crippen LogP contribution in [0.2, 0.25) is 0 Å². The van der Waals surface area contributed by atoms with Gasteiger partial charge >= 0.3 is 6.18 Å². The molecule has 2 heterocycles. The first-order chi connectivity index (χ1) is 23.7. The third-order valence-electron chi connectivity index (χ3n) is 8.78. The standard InChI is InChI=1S/C35H29F8N5O3/c1-33(2,51)8-7-20-4-5-21(17-3-6-25(38)23(12-17)32(44)50)29(45-20)26(11-16-9-18(36)13-19(37)10-16)46-27(49)15-48-31-28(30(47-48)35(41,42)43)22-14-24(22)34(31,39)40/h4-5,9-10,12-13,22,24,26,51H,3,6,11,14-15H2,1-2H3,(H2,44,50)(H,46,49)/t22-,24+,26-/m0/s1. The second-order valence-corrected chi connectivity index (χ2v) is 13.2. The highest BCUT2D eigenvalue weighted by molar-refractivity contribution is 5.98. The monoisotopic (exact) mass is 719 g/mol. The Morgan fingerprint density at radius 1 is 1.12 bits per heavy atom. The molecule has 4 N–H and O–H groups in total. The summed E-state index contributed by atoms with van der Waals surface area (Å²) >= 11 is 0. The van der Waals surface area contributed by atoms with E-state index >= 15 is 8.78 Å². The molecule has 0 unspecified atom stereocenters. The Morgan fingerprint density at radius 3 is 2.43 bits per heavy atom. The Hall–Kier alpha value is -5.04. The summed E-state index contributed by atoms with van der Waals surface area (Å²) in [4.78, 5) is 30.2. The van der Waals surface area contributed by atoms with Gasteiger partial charge in [-0.05, 0) is 86.4 Å². The maximum absolute atomic E-state index is 15.2. The molecule has 1 saturated carbocycles. The summed E-state index contributed by atoms with van der Waals surface area (Å²) < 4.78 is 116. The van der Waals surface area contributed by atoms with Gasteiger partial charge in [0.2, 0.25) is 5.91 Å². The number of alkyl halides is 5. The molecule has 0 spiro atoms. The molecule has 51 heavy (non-hydrogen) atoms. The summed E-state index contributed by atoms with van der Waals surface area (Å²) in [6.07, 6.45) is -4.66. The van der Waals surface area contributed by atoms with E-state index in [0.717, 1.165) is 12.1 Å². The Morgan fingerprint density at radius 2 is 1.80 bits per heavy atom. The van der Waals surface area contributed by atoms with Crippen LogP contribution in [-0.4, -0.2) is 37.3 Å². The van der Waals surface area contributed by atoms with E-state index in [-0.39, 0.29) is 41.8 Å². The van der Waals surface area contributed by atoms with E-state index in [4.69, 9.17) is 5.73 Å². The number of rotatable bonds is 8. The molecule has 268 valence electrons. The van der Waals surface area contributed by atoms with Gasteiger partial charge in [0.05, 0.1) is 17.3 Å². The van der Waals surface area contributed by atoms with Crippen molar-refractivity contribution in [2.75, 3.05) is 0 Å². The Bertz CT molecular complexity index is 2060. The second kappa shape index (κ2) is 12.6. The molecule has 8 nitrogen and oxygen atoms in total. The number of pyridine rings is 1. The predicted molar refractivity (Wildman–Crippen MR) is 165 cm³/mol. The number of carbonyl (C=O) groups is 2. The number of benzene rings is 1. The van der Waals surface area contributed by atoms with Crippen molar-refractivity contribution in [2.45, 2.75) is 75.7 Å². The Labute approximate surface area is 285 Å². The van der Waals surface area contributed by atoms with Crippen LogP contribution in [0.25, 0.3) is 5.57 Å². The Balaban J connectivity index is 1.45. The first-order valence-corrected chi connectivity index (χ1v) is 15.7. The fourth-order valence-corrected chi connectivity index (χ4v) is 6.57. The van der Waals surface area contributed by atoms with Crippen molar-refractivity contribution in [1.29, 1.82) is 0 Å². The number of hydrogen-bond acceptors (Lipinski definition) is 5. The lowest BCUT2D eigenvalue weighted by molar-refractivity contribution is -0.142. The molecule has 3 atom stereocenters. The molecule has 1 aromatic carbocycles. The van der Waals surface area contributed by atoms with Crippen molar-refractivity contribution in [3.63, 3.8) is 0 Å². The average Bonchev–Trinajstić information content (AvgIpc) is 3.67. The van der Waals surface area contributed by atoms with Crippen LogP contribution in [-0.2, 0) is 34.7 Å². The van der Waals surface area contributed by atoms with E-state index in [2.05, 4.69) is 27.2 Å². The quantitative estimate of drug-likeness (QED) is 0.198. The third kappa shape index (κ3) is 7.25. The van der Waals surface area contributed by atoms with E-state index in [0.29, 0.717) is 16.3 Å². The molecule has 0 saturated heterocycles. The van der Waals surface area contributed by atoms with Gasteiger partial charge in [0.25, 0.3) is 11.8 Å². The molecule has 6 rings (SSSR count). The number of nitrogens with zero attached hydrogens (tertiary/aromatic N) is 3. The van der Waals surface area contributed by atoms with Crippen molar-refractivity contribution in [3.8, 4) is 11.8 Å². The van der Waals surface area contributed by atoms with Crippen LogP contribution >= 0.6 is 0 Å². The molecular formula is C35H29F8N5O3. The molecule has 0 aliphatic heterocycles. The van der Waals surface area contributed by atoms with Crippen molar-refractivity contribution in [3.05, 3.63) is 98.9 Å². The van der Waals surface area contributed by atoms with Crippen LogP contribution < -0.4 is 11.1 Å². The number of halogens is 8. The molecule has 0 bridgehead atoms. The van der Waals surface area contributed by atoms with Gasteiger partial charge in [-0.2, -0.15) is 27.1 Å². The normalized spacial score (nSPS) is 19.8. The second-order valence-electron chi connectivity index (χ2n) is 13.2. The molecule has 3 aliphatic rings. The molecule has 1 fully saturated rings. The highest BCUT2D eigenvalue weighted by Gasteiger charge is 2.68. The maximum atomic E-state index is 15.2. The molecule has 0 radical (unpaired) electrons. The zero-order valence-electron chi connectivity index (χ0n) is 26.9. The van der Waals surface area contributed by atoms with Gasteiger partial charge in [0.1, 0.15) is 41.0 Å². The van der Waals surface area contributed by atoms with E-state index in [1.165, 1.54) is 32.1 Å². The number of nitrogens with one attached hydrogen (secondary N) is 1. The van der Waals surface area contributed by atoms with Gasteiger partial charge in [-0.25, -0.2) is 18.2 Å². The lowest BCUT2D eigenvalue weighted by atomic mass is 9.88. The first-order valence-electron chi connectivity index (χ1n) is 15.7. The van der Waals surface area contributed by atoms with Crippen LogP contribution in [0.15, 0.2) is 47.8 Å². The summed E-state index contributed by atoms with van der Waals surface area (Å²) in [6.45, 7) is 1.72. The number of carbonyl (C=O) groups excluding carboxylic acids is 2. The van der Waals surface area contributed by atoms with Crippen LogP contribution in [0, 0.1) is 29.4 Å². The SMILES string of the molecule is CC(C)(O)C#Cc1ccc(C2=CC(C(N)=O)=C(F)CC2)c([C@H](Cc2cc(F)cc(F)c2)NC(=O)Cn2nc(C(F)(F)F)c3c2C(F)(F)[C@@H]2C[C@H]32)n1. The van der Waals surface area contributed by atoms with Crippen molar-refractivity contribution < 1.29 is 49.8 Å². The topological polar surface area (TPSA) is 123 Å². The van der Waals surface area contributed by atoms with Crippen LogP contribution in [0.4, 0.5) is 35.1 Å².